The van der Waals surface area contributed by atoms with Gasteiger partial charge >= 0.3 is 0 Å². The topological polar surface area (TPSA) is 76.2 Å². The Morgan fingerprint density at radius 2 is 1.89 bits per heavy atom. The van der Waals surface area contributed by atoms with E-state index in [4.69, 9.17) is 10.00 Å². The molecule has 0 atom stereocenters. The zero-order valence-electron chi connectivity index (χ0n) is 9.54. The van der Waals surface area contributed by atoms with Crippen LogP contribution in [0.2, 0.25) is 0 Å². The van der Waals surface area contributed by atoms with Gasteiger partial charge in [0, 0.05) is 16.6 Å². The van der Waals surface area contributed by atoms with Crippen molar-refractivity contribution in [2.24, 2.45) is 0 Å². The largest absolute Gasteiger partial charge is 0.456 e. The Hall–Kier alpha value is -2.39. The van der Waals surface area contributed by atoms with E-state index in [-0.39, 0.29) is 5.69 Å². The quantitative estimate of drug-likeness (QED) is 0.632. The fraction of sp³-hybridized carbons (Fsp3) is 0. The van der Waals surface area contributed by atoms with Gasteiger partial charge in [-0.2, -0.15) is 5.26 Å². The minimum absolute atomic E-state index is 0.0105. The molecule has 0 aliphatic rings. The number of nitrogens with zero attached hydrogens (tertiary/aromatic N) is 2. The smallest absolute Gasteiger partial charge is 0.269 e. The average molecular weight is 319 g/mol. The van der Waals surface area contributed by atoms with Crippen LogP contribution in [0.3, 0.4) is 0 Å². The molecule has 2 aromatic rings. The molecule has 0 N–H and O–H groups in total. The van der Waals surface area contributed by atoms with Crippen LogP contribution < -0.4 is 4.74 Å². The van der Waals surface area contributed by atoms with E-state index in [0.717, 1.165) is 4.47 Å². The highest BCUT2D eigenvalue weighted by Crippen LogP contribution is 2.28. The number of nitriles is 1. The third kappa shape index (κ3) is 3.09. The first-order chi connectivity index (χ1) is 9.10. The fourth-order valence-electron chi connectivity index (χ4n) is 1.44. The zero-order chi connectivity index (χ0) is 13.8. The van der Waals surface area contributed by atoms with Crippen LogP contribution in [0.4, 0.5) is 5.69 Å². The third-order valence-electron chi connectivity index (χ3n) is 2.34. The van der Waals surface area contributed by atoms with Crippen LogP contribution in [-0.4, -0.2) is 4.92 Å². The van der Waals surface area contributed by atoms with Crippen LogP contribution in [0.15, 0.2) is 46.9 Å². The highest BCUT2D eigenvalue weighted by molar-refractivity contribution is 9.10. The summed E-state index contributed by atoms with van der Waals surface area (Å²) in [5, 5.41) is 19.5. The molecule has 2 aromatic carbocycles. The van der Waals surface area contributed by atoms with Crippen LogP contribution in [-0.2, 0) is 0 Å². The lowest BCUT2D eigenvalue weighted by Gasteiger charge is -2.07. The van der Waals surface area contributed by atoms with Crippen LogP contribution in [0, 0.1) is 21.4 Å². The number of nitro benzene ring substituents is 1. The van der Waals surface area contributed by atoms with Gasteiger partial charge in [-0.1, -0.05) is 15.9 Å². The number of hydrogen-bond donors (Lipinski definition) is 0. The number of non-ortho nitro benzene ring substituents is 1. The Morgan fingerprint density at radius 1 is 1.21 bits per heavy atom. The molecule has 0 aliphatic carbocycles. The van der Waals surface area contributed by atoms with E-state index in [0.29, 0.717) is 17.1 Å². The number of ether oxygens (including phenoxy) is 1. The first kappa shape index (κ1) is 13.1. The molecule has 2 rings (SSSR count). The molecule has 0 radical (unpaired) electrons. The molecule has 0 spiro atoms. The molecule has 0 fully saturated rings. The van der Waals surface area contributed by atoms with Crippen molar-refractivity contribution in [1.82, 2.24) is 0 Å². The summed E-state index contributed by atoms with van der Waals surface area (Å²) in [6.07, 6.45) is 0. The highest BCUT2D eigenvalue weighted by Gasteiger charge is 2.08. The minimum Gasteiger partial charge on any atom is -0.456 e. The summed E-state index contributed by atoms with van der Waals surface area (Å²) in [6, 6.07) is 12.7. The van der Waals surface area contributed by atoms with E-state index in [1.165, 1.54) is 24.3 Å². The second-order valence-electron chi connectivity index (χ2n) is 3.61. The van der Waals surface area contributed by atoms with Crippen molar-refractivity contribution in [1.29, 1.82) is 5.26 Å². The highest BCUT2D eigenvalue weighted by atomic mass is 79.9. The second kappa shape index (κ2) is 5.50. The number of nitro groups is 1. The molecule has 0 saturated heterocycles. The molecule has 6 heteroatoms. The minimum atomic E-state index is -0.482. The standard InChI is InChI=1S/C13H7BrN2O3/c14-10-1-6-13(9(7-10)8-15)19-12-4-2-11(3-5-12)16(17)18/h1-7H. The number of benzene rings is 2. The van der Waals surface area contributed by atoms with Crippen molar-refractivity contribution in [2.75, 3.05) is 0 Å². The summed E-state index contributed by atoms with van der Waals surface area (Å²) < 4.78 is 6.30. The summed E-state index contributed by atoms with van der Waals surface area (Å²) in [6.45, 7) is 0. The van der Waals surface area contributed by atoms with Crippen molar-refractivity contribution < 1.29 is 9.66 Å². The average Bonchev–Trinajstić information content (AvgIpc) is 2.41. The molecule has 0 heterocycles. The molecule has 5 nitrogen and oxygen atoms in total. The van der Waals surface area contributed by atoms with E-state index < -0.39 is 4.92 Å². The van der Waals surface area contributed by atoms with Gasteiger partial charge in [-0.05, 0) is 30.3 Å². The van der Waals surface area contributed by atoms with E-state index in [1.807, 2.05) is 6.07 Å². The van der Waals surface area contributed by atoms with Gasteiger partial charge in [0.25, 0.3) is 5.69 Å². The van der Waals surface area contributed by atoms with Gasteiger partial charge in [0.05, 0.1) is 10.5 Å². The van der Waals surface area contributed by atoms with Crippen LogP contribution in [0.25, 0.3) is 0 Å². The SMILES string of the molecule is N#Cc1cc(Br)ccc1Oc1ccc([N+](=O)[O-])cc1. The maximum atomic E-state index is 10.5. The Morgan fingerprint density at radius 3 is 2.47 bits per heavy atom. The predicted molar refractivity (Wildman–Crippen MR) is 72.0 cm³/mol. The van der Waals surface area contributed by atoms with E-state index in [1.54, 1.807) is 18.2 Å². The Kier molecular flexibility index (Phi) is 3.78. The lowest BCUT2D eigenvalue weighted by atomic mass is 10.2. The van der Waals surface area contributed by atoms with E-state index in [2.05, 4.69) is 15.9 Å². The van der Waals surface area contributed by atoms with Gasteiger partial charge in [0.2, 0.25) is 0 Å². The normalized spacial score (nSPS) is 9.68. The molecule has 0 bridgehead atoms. The van der Waals surface area contributed by atoms with Crippen molar-refractivity contribution >= 4 is 21.6 Å². The van der Waals surface area contributed by atoms with E-state index in [9.17, 15) is 10.1 Å². The molecule has 19 heavy (non-hydrogen) atoms. The predicted octanol–water partition coefficient (Wildman–Crippen LogP) is 4.02. The Bertz CT molecular complexity index is 663. The Labute approximate surface area is 117 Å². The van der Waals surface area contributed by atoms with Gasteiger partial charge in [0.1, 0.15) is 17.6 Å². The first-order valence-electron chi connectivity index (χ1n) is 5.22. The van der Waals surface area contributed by atoms with Crippen molar-refractivity contribution in [3.05, 3.63) is 62.6 Å². The number of halogens is 1. The van der Waals surface area contributed by atoms with Gasteiger partial charge < -0.3 is 4.74 Å². The van der Waals surface area contributed by atoms with Gasteiger partial charge in [-0.25, -0.2) is 0 Å². The molecular weight excluding hydrogens is 312 g/mol. The monoisotopic (exact) mass is 318 g/mol. The maximum absolute atomic E-state index is 10.5. The summed E-state index contributed by atoms with van der Waals surface area (Å²) in [7, 11) is 0. The van der Waals surface area contributed by atoms with E-state index >= 15 is 0 Å². The lowest BCUT2D eigenvalue weighted by molar-refractivity contribution is -0.384. The van der Waals surface area contributed by atoms with Crippen molar-refractivity contribution in [2.45, 2.75) is 0 Å². The summed E-state index contributed by atoms with van der Waals surface area (Å²) in [4.78, 5) is 10.0. The van der Waals surface area contributed by atoms with Gasteiger partial charge in [0.15, 0.2) is 0 Å². The van der Waals surface area contributed by atoms with Crippen LogP contribution >= 0.6 is 15.9 Å². The van der Waals surface area contributed by atoms with Crippen molar-refractivity contribution in [3.8, 4) is 17.6 Å². The third-order valence-corrected chi connectivity index (χ3v) is 2.83. The van der Waals surface area contributed by atoms with Crippen molar-refractivity contribution in [3.63, 3.8) is 0 Å². The van der Waals surface area contributed by atoms with Gasteiger partial charge in [-0.15, -0.1) is 0 Å². The number of hydrogen-bond acceptors (Lipinski definition) is 4. The molecule has 0 aromatic heterocycles. The summed E-state index contributed by atoms with van der Waals surface area (Å²) in [5.41, 5.74) is 0.372. The van der Waals surface area contributed by atoms with Gasteiger partial charge in [-0.3, -0.25) is 10.1 Å². The molecular formula is C13H7BrN2O3. The Balaban J connectivity index is 2.26. The zero-order valence-corrected chi connectivity index (χ0v) is 11.1. The number of rotatable bonds is 3. The fourth-order valence-corrected chi connectivity index (χ4v) is 1.80. The van der Waals surface area contributed by atoms with Crippen LogP contribution in [0.1, 0.15) is 5.56 Å². The first-order valence-corrected chi connectivity index (χ1v) is 6.01. The second-order valence-corrected chi connectivity index (χ2v) is 4.52. The summed E-state index contributed by atoms with van der Waals surface area (Å²) in [5.74, 6) is 0.837. The lowest BCUT2D eigenvalue weighted by Crippen LogP contribution is -1.90. The molecule has 0 aliphatic heterocycles. The molecule has 94 valence electrons. The molecule has 0 amide bonds. The molecule has 0 saturated carbocycles. The summed E-state index contributed by atoms with van der Waals surface area (Å²) >= 11 is 3.27. The maximum Gasteiger partial charge on any atom is 0.269 e. The molecule has 0 unspecified atom stereocenters. The van der Waals surface area contributed by atoms with Crippen LogP contribution in [0.5, 0.6) is 11.5 Å².